The van der Waals surface area contributed by atoms with Crippen LogP contribution in [0.2, 0.25) is 0 Å². The van der Waals surface area contributed by atoms with Gasteiger partial charge in [0.15, 0.2) is 0 Å². The Hall–Kier alpha value is -0.370. The lowest BCUT2D eigenvalue weighted by Crippen LogP contribution is -1.73. The maximum atomic E-state index is 4.16. The van der Waals surface area contributed by atoms with E-state index in [0.717, 1.165) is 0 Å². The van der Waals surface area contributed by atoms with E-state index in [-0.39, 0.29) is 0 Å². The zero-order valence-electron chi connectivity index (χ0n) is 9.36. The average molecular weight is 187 g/mol. The fraction of sp³-hybridized carbons (Fsp3) is 0.700. The molecule has 0 atom stereocenters. The van der Waals surface area contributed by atoms with Crippen molar-refractivity contribution in [2.45, 2.75) is 48.5 Å². The minimum atomic E-state index is 1.17. The van der Waals surface area contributed by atoms with E-state index >= 15 is 0 Å². The molecule has 0 unspecified atom stereocenters. The van der Waals surface area contributed by atoms with Crippen molar-refractivity contribution in [2.75, 3.05) is 0 Å². The molecule has 1 nitrogen and oxygen atoms in total. The Morgan fingerprint density at radius 2 is 1.33 bits per heavy atom. The topological polar surface area (TPSA) is 12.9 Å². The largest absolute Gasteiger partial charge is 0.197 e. The van der Waals surface area contributed by atoms with Crippen molar-refractivity contribution < 1.29 is 0 Å². The van der Waals surface area contributed by atoms with Crippen LogP contribution in [0.1, 0.15) is 43.8 Å². The summed E-state index contributed by atoms with van der Waals surface area (Å²) >= 11 is 1.58. The molecule has 72 valence electrons. The second kappa shape index (κ2) is 8.72. The van der Waals surface area contributed by atoms with Gasteiger partial charge in [-0.2, -0.15) is 4.37 Å². The molecular formula is C10H21NS. The van der Waals surface area contributed by atoms with Crippen molar-refractivity contribution in [2.24, 2.45) is 0 Å². The summed E-state index contributed by atoms with van der Waals surface area (Å²) in [7, 11) is 0. The molecule has 0 aromatic carbocycles. The molecular weight excluding hydrogens is 166 g/mol. The van der Waals surface area contributed by atoms with E-state index in [0.29, 0.717) is 0 Å². The van der Waals surface area contributed by atoms with Crippen molar-refractivity contribution in [3.8, 4) is 0 Å². The van der Waals surface area contributed by atoms with Crippen LogP contribution in [0.5, 0.6) is 0 Å². The first kappa shape index (κ1) is 14.2. The van der Waals surface area contributed by atoms with E-state index in [1.54, 1.807) is 11.5 Å². The molecule has 0 aliphatic heterocycles. The average Bonchev–Trinajstić information content (AvgIpc) is 2.43. The van der Waals surface area contributed by atoms with Gasteiger partial charge in [0.2, 0.25) is 0 Å². The predicted molar refractivity (Wildman–Crippen MR) is 59.0 cm³/mol. The molecule has 0 saturated heterocycles. The number of hydrogen-bond acceptors (Lipinski definition) is 2. The standard InChI is InChI=1S/C6H9NS.2C2H6/c1-4-5(2)7-8-6(4)3;2*1-2/h1-3H3;2*1-2H3. The van der Waals surface area contributed by atoms with E-state index in [9.17, 15) is 0 Å². The Bertz CT molecular complexity index is 172. The van der Waals surface area contributed by atoms with Crippen LogP contribution in [0, 0.1) is 20.8 Å². The van der Waals surface area contributed by atoms with Crippen LogP contribution in [-0.4, -0.2) is 4.37 Å². The van der Waals surface area contributed by atoms with Gasteiger partial charge in [0.25, 0.3) is 0 Å². The molecule has 0 bridgehead atoms. The lowest BCUT2D eigenvalue weighted by atomic mass is 10.2. The normalized spacial score (nSPS) is 7.58. The Labute approximate surface area is 81.0 Å². The van der Waals surface area contributed by atoms with E-state index in [1.165, 1.54) is 16.1 Å². The zero-order valence-corrected chi connectivity index (χ0v) is 10.2. The summed E-state index contributed by atoms with van der Waals surface area (Å²) in [6.07, 6.45) is 0. The van der Waals surface area contributed by atoms with Crippen molar-refractivity contribution >= 4 is 11.5 Å². The highest BCUT2D eigenvalue weighted by molar-refractivity contribution is 7.05. The Morgan fingerprint density at radius 3 is 1.42 bits per heavy atom. The third-order valence-electron chi connectivity index (χ3n) is 1.39. The van der Waals surface area contributed by atoms with Crippen LogP contribution in [0.4, 0.5) is 0 Å². The van der Waals surface area contributed by atoms with Gasteiger partial charge in [-0.3, -0.25) is 0 Å². The molecule has 2 heteroatoms. The van der Waals surface area contributed by atoms with E-state index in [1.807, 2.05) is 34.6 Å². The van der Waals surface area contributed by atoms with Crippen LogP contribution in [0.3, 0.4) is 0 Å². The molecule has 1 heterocycles. The first-order chi connectivity index (χ1) is 5.72. The van der Waals surface area contributed by atoms with Crippen molar-refractivity contribution in [3.05, 3.63) is 16.1 Å². The van der Waals surface area contributed by atoms with Crippen LogP contribution in [0.25, 0.3) is 0 Å². The van der Waals surface area contributed by atoms with Gasteiger partial charge in [-0.05, 0) is 37.9 Å². The molecule has 0 radical (unpaired) electrons. The fourth-order valence-electron chi connectivity index (χ4n) is 0.529. The number of aryl methyl sites for hydroxylation is 2. The Morgan fingerprint density at radius 1 is 0.917 bits per heavy atom. The van der Waals surface area contributed by atoms with Crippen LogP contribution < -0.4 is 0 Å². The molecule has 0 aliphatic rings. The molecule has 1 rings (SSSR count). The van der Waals surface area contributed by atoms with Gasteiger partial charge >= 0.3 is 0 Å². The number of hydrogen-bond donors (Lipinski definition) is 0. The minimum Gasteiger partial charge on any atom is -0.197 e. The molecule has 1 aromatic rings. The van der Waals surface area contributed by atoms with E-state index in [4.69, 9.17) is 0 Å². The van der Waals surface area contributed by atoms with Crippen LogP contribution in [0.15, 0.2) is 0 Å². The highest BCUT2D eigenvalue weighted by Gasteiger charge is 1.97. The first-order valence-electron chi connectivity index (χ1n) is 4.61. The van der Waals surface area contributed by atoms with Crippen molar-refractivity contribution in [1.29, 1.82) is 0 Å². The first-order valence-corrected chi connectivity index (χ1v) is 5.38. The van der Waals surface area contributed by atoms with Crippen molar-refractivity contribution in [3.63, 3.8) is 0 Å². The second-order valence-corrected chi connectivity index (χ2v) is 2.93. The molecule has 12 heavy (non-hydrogen) atoms. The maximum Gasteiger partial charge on any atom is 0.0543 e. The molecule has 1 aromatic heterocycles. The lowest BCUT2D eigenvalue weighted by Gasteiger charge is -1.83. The lowest BCUT2D eigenvalue weighted by molar-refractivity contribution is 1.26. The summed E-state index contributed by atoms with van der Waals surface area (Å²) in [6.45, 7) is 14.2. The molecule has 0 fully saturated rings. The summed E-state index contributed by atoms with van der Waals surface area (Å²) < 4.78 is 4.16. The maximum absolute atomic E-state index is 4.16. The third kappa shape index (κ3) is 4.50. The van der Waals surface area contributed by atoms with Crippen LogP contribution in [-0.2, 0) is 0 Å². The van der Waals surface area contributed by atoms with Crippen molar-refractivity contribution in [1.82, 2.24) is 4.37 Å². The molecule has 0 spiro atoms. The summed E-state index contributed by atoms with van der Waals surface area (Å²) in [6, 6.07) is 0. The van der Waals surface area contributed by atoms with Gasteiger partial charge in [0, 0.05) is 4.88 Å². The highest BCUT2D eigenvalue weighted by atomic mass is 32.1. The highest BCUT2D eigenvalue weighted by Crippen LogP contribution is 2.14. The minimum absolute atomic E-state index is 1.17. The summed E-state index contributed by atoms with van der Waals surface area (Å²) in [5, 5.41) is 0. The Balaban J connectivity index is 0. The van der Waals surface area contributed by atoms with E-state index in [2.05, 4.69) is 18.2 Å². The summed E-state index contributed by atoms with van der Waals surface area (Å²) in [5.74, 6) is 0. The van der Waals surface area contributed by atoms with Crippen LogP contribution >= 0.6 is 11.5 Å². The predicted octanol–water partition coefficient (Wildman–Crippen LogP) is 4.12. The second-order valence-electron chi connectivity index (χ2n) is 1.95. The molecule has 0 aliphatic carbocycles. The SMILES string of the molecule is CC.CC.Cc1nsc(C)c1C. The van der Waals surface area contributed by atoms with Gasteiger partial charge in [-0.25, -0.2) is 0 Å². The fourth-order valence-corrected chi connectivity index (χ4v) is 1.22. The number of nitrogens with zero attached hydrogens (tertiary/aromatic N) is 1. The van der Waals surface area contributed by atoms with Gasteiger partial charge in [-0.15, -0.1) is 0 Å². The summed E-state index contributed by atoms with van der Waals surface area (Å²) in [5.41, 5.74) is 2.52. The van der Waals surface area contributed by atoms with E-state index < -0.39 is 0 Å². The Kier molecular flexibility index (Phi) is 10.3. The molecule has 0 amide bonds. The van der Waals surface area contributed by atoms with Gasteiger partial charge in [0.05, 0.1) is 5.69 Å². The van der Waals surface area contributed by atoms with Gasteiger partial charge in [-0.1, -0.05) is 27.7 Å². The smallest absolute Gasteiger partial charge is 0.0543 e. The quantitative estimate of drug-likeness (QED) is 0.595. The molecule has 0 N–H and O–H groups in total. The van der Waals surface area contributed by atoms with Gasteiger partial charge in [0.1, 0.15) is 0 Å². The zero-order chi connectivity index (χ0) is 10.1. The summed E-state index contributed by atoms with van der Waals surface area (Å²) in [4.78, 5) is 1.34. The molecule has 0 saturated carbocycles. The monoisotopic (exact) mass is 187 g/mol. The van der Waals surface area contributed by atoms with Gasteiger partial charge < -0.3 is 0 Å². The number of rotatable bonds is 0. The third-order valence-corrected chi connectivity index (χ3v) is 2.34. The number of aromatic nitrogens is 1.